The molecule has 6 nitrogen and oxygen atoms in total. The molecule has 0 spiro atoms. The van der Waals surface area contributed by atoms with E-state index in [1.165, 1.54) is 12.8 Å². The number of imide groups is 1. The van der Waals surface area contributed by atoms with E-state index in [4.69, 9.17) is 0 Å². The van der Waals surface area contributed by atoms with Gasteiger partial charge in [-0.25, -0.2) is 4.79 Å². The number of quaternary nitrogens is 1. The minimum atomic E-state index is -0.309. The van der Waals surface area contributed by atoms with Crippen molar-refractivity contribution in [2.24, 2.45) is 0 Å². The second-order valence-electron chi connectivity index (χ2n) is 6.52. The number of urea groups is 1. The molecule has 3 aliphatic heterocycles. The predicted octanol–water partition coefficient (Wildman–Crippen LogP) is -0.0992. The highest BCUT2D eigenvalue weighted by Gasteiger charge is 2.40. The maximum absolute atomic E-state index is 12.1. The second kappa shape index (κ2) is 5.69. The molecule has 0 unspecified atom stereocenters. The fourth-order valence-corrected chi connectivity index (χ4v) is 3.73. The van der Waals surface area contributed by atoms with Crippen LogP contribution in [0.15, 0.2) is 0 Å². The Hall–Kier alpha value is -1.14. The number of carbonyl (C=O) groups is 2. The van der Waals surface area contributed by atoms with E-state index >= 15 is 0 Å². The Morgan fingerprint density at radius 3 is 2.25 bits per heavy atom. The number of carbonyl (C=O) groups excluding carboxylic acids is 2. The first-order valence-electron chi connectivity index (χ1n) is 7.83. The summed E-state index contributed by atoms with van der Waals surface area (Å²) in [5, 5.41) is 5.41. The molecule has 4 fully saturated rings. The Morgan fingerprint density at radius 1 is 1.05 bits per heavy atom. The summed E-state index contributed by atoms with van der Waals surface area (Å²) in [6, 6.07) is -0.0517. The van der Waals surface area contributed by atoms with Crippen LogP contribution in [-0.4, -0.2) is 73.2 Å². The summed E-state index contributed by atoms with van der Waals surface area (Å²) in [4.78, 5) is 26.3. The van der Waals surface area contributed by atoms with Gasteiger partial charge in [0.1, 0.15) is 0 Å². The molecule has 3 saturated heterocycles. The van der Waals surface area contributed by atoms with Gasteiger partial charge in [-0.2, -0.15) is 0 Å². The van der Waals surface area contributed by atoms with Gasteiger partial charge in [-0.1, -0.05) is 12.8 Å². The van der Waals surface area contributed by atoms with Gasteiger partial charge < -0.3 is 9.80 Å². The number of nitrogens with zero attached hydrogens (tertiary/aromatic N) is 2. The van der Waals surface area contributed by atoms with Crippen molar-refractivity contribution in [3.8, 4) is 0 Å². The molecular formula is C14H25N4O2+. The van der Waals surface area contributed by atoms with Crippen molar-refractivity contribution < 1.29 is 14.1 Å². The molecule has 4 rings (SSSR count). The van der Waals surface area contributed by atoms with Crippen LogP contribution in [0.1, 0.15) is 25.7 Å². The summed E-state index contributed by atoms with van der Waals surface area (Å²) in [6.07, 6.45) is 4.43. The van der Waals surface area contributed by atoms with Gasteiger partial charge in [-0.15, -0.1) is 0 Å². The van der Waals surface area contributed by atoms with Crippen LogP contribution >= 0.6 is 0 Å². The Balaban J connectivity index is 1.45. The molecule has 3 heterocycles. The molecule has 4 aliphatic rings. The first kappa shape index (κ1) is 13.8. The third kappa shape index (κ3) is 3.12. The van der Waals surface area contributed by atoms with E-state index in [0.29, 0.717) is 6.54 Å². The normalized spacial score (nSPS) is 33.1. The van der Waals surface area contributed by atoms with Crippen molar-refractivity contribution in [3.05, 3.63) is 0 Å². The second-order valence-corrected chi connectivity index (χ2v) is 6.52. The third-order valence-corrected chi connectivity index (χ3v) is 5.09. The Bertz CT molecular complexity index is 371. The van der Waals surface area contributed by atoms with Crippen molar-refractivity contribution >= 4 is 11.9 Å². The number of hydrogen-bond acceptors (Lipinski definition) is 3. The lowest BCUT2D eigenvalue weighted by Crippen LogP contribution is -2.69. The van der Waals surface area contributed by atoms with Gasteiger partial charge in [0.2, 0.25) is 0 Å². The third-order valence-electron chi connectivity index (χ3n) is 5.09. The molecule has 0 atom stereocenters. The molecule has 1 aliphatic carbocycles. The zero-order valence-electron chi connectivity index (χ0n) is 12.1. The van der Waals surface area contributed by atoms with Crippen LogP contribution in [0.25, 0.3) is 0 Å². The number of amides is 3. The van der Waals surface area contributed by atoms with Crippen LogP contribution in [0, 0.1) is 0 Å². The number of hydrogen-bond donors (Lipinski definition) is 2. The summed E-state index contributed by atoms with van der Waals surface area (Å²) >= 11 is 0. The number of rotatable bonds is 3. The molecule has 0 aromatic carbocycles. The van der Waals surface area contributed by atoms with Crippen LogP contribution in [0.4, 0.5) is 4.79 Å². The fourth-order valence-electron chi connectivity index (χ4n) is 3.73. The molecule has 6 heteroatoms. The van der Waals surface area contributed by atoms with Gasteiger partial charge in [0, 0.05) is 25.7 Å². The van der Waals surface area contributed by atoms with Gasteiger partial charge in [-0.3, -0.25) is 15.0 Å². The predicted molar refractivity (Wildman–Crippen MR) is 75.1 cm³/mol. The molecule has 0 radical (unpaired) electrons. The zero-order valence-corrected chi connectivity index (χ0v) is 12.1. The first-order valence-corrected chi connectivity index (χ1v) is 7.83. The van der Waals surface area contributed by atoms with Crippen LogP contribution < -0.4 is 10.6 Å². The van der Waals surface area contributed by atoms with Gasteiger partial charge in [-0.05, 0) is 12.8 Å². The average Bonchev–Trinajstić information content (AvgIpc) is 2.92. The zero-order chi connectivity index (χ0) is 14.0. The van der Waals surface area contributed by atoms with Crippen molar-refractivity contribution in [2.75, 3.05) is 45.8 Å². The summed E-state index contributed by atoms with van der Waals surface area (Å²) in [6.45, 7) is 6.82. The number of fused-ring (bicyclic) bond motifs is 3. The van der Waals surface area contributed by atoms with Gasteiger partial charge in [0.05, 0.1) is 19.6 Å². The van der Waals surface area contributed by atoms with Crippen molar-refractivity contribution in [3.63, 3.8) is 0 Å². The molecule has 112 valence electrons. The average molecular weight is 281 g/mol. The molecular weight excluding hydrogens is 256 g/mol. The highest BCUT2D eigenvalue weighted by atomic mass is 16.2. The lowest BCUT2D eigenvalue weighted by Gasteiger charge is -2.50. The summed E-state index contributed by atoms with van der Waals surface area (Å²) in [7, 11) is 0. The smallest absolute Gasteiger partial charge is 0.321 e. The van der Waals surface area contributed by atoms with E-state index in [1.807, 2.05) is 0 Å². The molecule has 1 saturated carbocycles. The number of piperazine rings is 3. The van der Waals surface area contributed by atoms with Crippen LogP contribution in [0.2, 0.25) is 0 Å². The van der Waals surface area contributed by atoms with Crippen molar-refractivity contribution in [2.45, 2.75) is 31.7 Å². The summed E-state index contributed by atoms with van der Waals surface area (Å²) in [5.74, 6) is -0.129. The SMILES string of the molecule is O=C(C[N+]12CCN(CC1)CC2)NC(=O)NC1CCCC1. The van der Waals surface area contributed by atoms with E-state index < -0.39 is 0 Å². The van der Waals surface area contributed by atoms with Crippen molar-refractivity contribution in [1.29, 1.82) is 0 Å². The highest BCUT2D eigenvalue weighted by molar-refractivity contribution is 5.94. The van der Waals surface area contributed by atoms with E-state index in [1.54, 1.807) is 0 Å². The standard InChI is InChI=1S/C14H24N4O2/c19-13(16-14(20)15-12-3-1-2-4-12)11-18-8-5-17(6-9-18)7-10-18/h12H,1-11H2,(H-,15,16,19,20)/p+1. The lowest BCUT2D eigenvalue weighted by molar-refractivity contribution is -0.933. The van der Waals surface area contributed by atoms with E-state index in [2.05, 4.69) is 15.5 Å². The van der Waals surface area contributed by atoms with E-state index in [-0.39, 0.29) is 18.0 Å². The molecule has 0 aromatic rings. The fraction of sp³-hybridized carbons (Fsp3) is 0.857. The Labute approximate surface area is 120 Å². The molecule has 2 bridgehead atoms. The Kier molecular flexibility index (Phi) is 3.94. The quantitative estimate of drug-likeness (QED) is 0.710. The van der Waals surface area contributed by atoms with E-state index in [9.17, 15) is 9.59 Å². The summed E-state index contributed by atoms with van der Waals surface area (Å²) < 4.78 is 0.860. The van der Waals surface area contributed by atoms with Crippen molar-refractivity contribution in [1.82, 2.24) is 15.5 Å². The molecule has 3 amide bonds. The minimum absolute atomic E-state index is 0.129. The van der Waals surface area contributed by atoms with Crippen LogP contribution in [-0.2, 0) is 4.79 Å². The molecule has 2 N–H and O–H groups in total. The summed E-state index contributed by atoms with van der Waals surface area (Å²) in [5.41, 5.74) is 0. The lowest BCUT2D eigenvalue weighted by atomic mass is 10.1. The first-order chi connectivity index (χ1) is 9.65. The monoisotopic (exact) mass is 281 g/mol. The molecule has 20 heavy (non-hydrogen) atoms. The topological polar surface area (TPSA) is 61.4 Å². The molecule has 0 aromatic heterocycles. The maximum Gasteiger partial charge on any atom is 0.321 e. The van der Waals surface area contributed by atoms with Crippen LogP contribution in [0.3, 0.4) is 0 Å². The van der Waals surface area contributed by atoms with Crippen LogP contribution in [0.5, 0.6) is 0 Å². The maximum atomic E-state index is 12.1. The van der Waals surface area contributed by atoms with Gasteiger partial charge in [0.25, 0.3) is 5.91 Å². The highest BCUT2D eigenvalue weighted by Crippen LogP contribution is 2.19. The van der Waals surface area contributed by atoms with E-state index in [0.717, 1.165) is 56.6 Å². The van der Waals surface area contributed by atoms with Gasteiger partial charge in [0.15, 0.2) is 6.54 Å². The largest absolute Gasteiger partial charge is 0.335 e. The number of nitrogens with one attached hydrogen (secondary N) is 2. The Morgan fingerprint density at radius 2 is 1.65 bits per heavy atom. The minimum Gasteiger partial charge on any atom is -0.335 e. The van der Waals surface area contributed by atoms with Gasteiger partial charge >= 0.3 is 6.03 Å².